The van der Waals surface area contributed by atoms with E-state index in [9.17, 15) is 14.0 Å². The highest BCUT2D eigenvalue weighted by Gasteiger charge is 2.30. The predicted octanol–water partition coefficient (Wildman–Crippen LogP) is 10.5. The summed E-state index contributed by atoms with van der Waals surface area (Å²) in [6, 6.07) is 15.3. The van der Waals surface area contributed by atoms with Crippen LogP contribution in [0.25, 0.3) is 11.1 Å². The van der Waals surface area contributed by atoms with Crippen LogP contribution < -0.4 is 16.0 Å². The van der Waals surface area contributed by atoms with Gasteiger partial charge in [-0.2, -0.15) is 0 Å². The predicted molar refractivity (Wildman–Crippen MR) is 223 cm³/mol. The Morgan fingerprint density at radius 1 is 0.962 bits per heavy atom. The van der Waals surface area contributed by atoms with Crippen molar-refractivity contribution in [3.8, 4) is 0 Å². The van der Waals surface area contributed by atoms with Crippen LogP contribution in [-0.4, -0.2) is 49.8 Å². The molecule has 0 aromatic heterocycles. The zero-order chi connectivity index (χ0) is 39.1. The molecule has 6 rings (SSSR count). The normalized spacial score (nSPS) is 15.6. The maximum Gasteiger partial charge on any atom is 0.253 e. The number of likely N-dealkylation sites (N-methyl/N-ethyl adjacent to an activating group) is 1. The lowest BCUT2D eigenvalue weighted by molar-refractivity contribution is -0.117. The van der Waals surface area contributed by atoms with E-state index < -0.39 is 0 Å². The quantitative estimate of drug-likeness (QED) is 0.237. The number of piperidine rings is 1. The summed E-state index contributed by atoms with van der Waals surface area (Å²) in [5, 5.41) is 2.84. The van der Waals surface area contributed by atoms with Gasteiger partial charge in [-0.15, -0.1) is 0 Å². The fraction of sp³-hybridized carbons (Fsp3) is 0.435. The summed E-state index contributed by atoms with van der Waals surface area (Å²) in [7, 11) is 2.19. The number of amides is 1. The van der Waals surface area contributed by atoms with E-state index in [1.807, 2.05) is 75.9 Å². The molecule has 0 bridgehead atoms. The molecule has 1 saturated heterocycles. The number of benzene rings is 3. The van der Waals surface area contributed by atoms with Gasteiger partial charge in [0.15, 0.2) is 6.29 Å². The van der Waals surface area contributed by atoms with Gasteiger partial charge in [0.05, 0.1) is 11.3 Å². The molecule has 1 aliphatic carbocycles. The fourth-order valence-electron chi connectivity index (χ4n) is 7.09. The summed E-state index contributed by atoms with van der Waals surface area (Å²) in [6.45, 7) is 23.2. The number of likely N-dealkylation sites (tertiary alicyclic amines) is 1. The van der Waals surface area contributed by atoms with Gasteiger partial charge >= 0.3 is 0 Å². The molecule has 0 spiro atoms. The first-order valence-electron chi connectivity index (χ1n) is 19.6. The number of hydrogen-bond acceptors (Lipinski definition) is 5. The number of nitrogens with zero attached hydrogens (tertiary/aromatic N) is 2. The summed E-state index contributed by atoms with van der Waals surface area (Å²) in [6.07, 6.45) is 14.2. The van der Waals surface area contributed by atoms with Crippen LogP contribution in [0.2, 0.25) is 0 Å². The first-order chi connectivity index (χ1) is 25.5. The molecular weight excluding hydrogens is 660 g/mol. The van der Waals surface area contributed by atoms with Crippen molar-refractivity contribution >= 4 is 34.7 Å². The van der Waals surface area contributed by atoms with E-state index in [1.165, 1.54) is 70.5 Å². The van der Waals surface area contributed by atoms with Crippen molar-refractivity contribution in [3.05, 3.63) is 118 Å². The Labute approximate surface area is 319 Å². The highest BCUT2D eigenvalue weighted by atomic mass is 19.1. The molecule has 1 saturated carbocycles. The molecule has 286 valence electrons. The smallest absolute Gasteiger partial charge is 0.253 e. The Hall–Kier alpha value is -4.33. The average molecular weight is 723 g/mol. The molecular formula is C46H63FN4O2. The van der Waals surface area contributed by atoms with E-state index in [1.54, 1.807) is 19.2 Å². The summed E-state index contributed by atoms with van der Waals surface area (Å²) in [4.78, 5) is 29.0. The van der Waals surface area contributed by atoms with Gasteiger partial charge in [0.2, 0.25) is 0 Å². The molecule has 6 nitrogen and oxygen atoms in total. The minimum Gasteiger partial charge on any atom is -0.352 e. The number of aldehydes is 1. The second-order valence-electron chi connectivity index (χ2n) is 13.9. The van der Waals surface area contributed by atoms with Crippen LogP contribution in [0.3, 0.4) is 0 Å². The number of aryl methyl sites for hydroxylation is 1. The van der Waals surface area contributed by atoms with Crippen molar-refractivity contribution in [2.24, 2.45) is 5.73 Å². The molecule has 0 unspecified atom stereocenters. The Morgan fingerprint density at radius 3 is 2.15 bits per heavy atom. The second kappa shape index (κ2) is 21.4. The fourth-order valence-corrected chi connectivity index (χ4v) is 7.09. The first-order valence-corrected chi connectivity index (χ1v) is 19.6. The van der Waals surface area contributed by atoms with Gasteiger partial charge in [0.25, 0.3) is 5.91 Å². The average Bonchev–Trinajstić information content (AvgIpc) is 3.18. The SMILES string of the molecule is C=C(c1cc(N2C=C(C(=O)NCC)C(=C)c3cc(F)c(C)c(CC)c32)ccc1C)c1ccccc1C=O.CC.CN1CCCCC1.NC1CCCCC1. The third-order valence-corrected chi connectivity index (χ3v) is 10.2. The van der Waals surface area contributed by atoms with Gasteiger partial charge in [-0.1, -0.05) is 89.9 Å². The molecule has 0 radical (unpaired) electrons. The summed E-state index contributed by atoms with van der Waals surface area (Å²) >= 11 is 0. The molecule has 3 aromatic carbocycles. The summed E-state index contributed by atoms with van der Waals surface area (Å²) in [5.74, 6) is -0.587. The number of halogens is 1. The molecule has 7 heteroatoms. The van der Waals surface area contributed by atoms with Gasteiger partial charge < -0.3 is 20.9 Å². The number of rotatable bonds is 7. The molecule has 2 aliphatic heterocycles. The first kappa shape index (κ1) is 43.1. The van der Waals surface area contributed by atoms with Gasteiger partial charge in [0, 0.05) is 35.6 Å². The van der Waals surface area contributed by atoms with Gasteiger partial charge in [-0.3, -0.25) is 9.59 Å². The maximum absolute atomic E-state index is 15.0. The molecule has 3 aromatic rings. The lowest BCUT2D eigenvalue weighted by Gasteiger charge is -2.33. The second-order valence-corrected chi connectivity index (χ2v) is 13.9. The zero-order valence-corrected chi connectivity index (χ0v) is 33.4. The Morgan fingerprint density at radius 2 is 1.60 bits per heavy atom. The number of nitrogens with one attached hydrogen (secondary N) is 1. The topological polar surface area (TPSA) is 78.7 Å². The van der Waals surface area contributed by atoms with Gasteiger partial charge in [-0.25, -0.2) is 4.39 Å². The van der Waals surface area contributed by atoms with E-state index >= 15 is 0 Å². The van der Waals surface area contributed by atoms with E-state index in [0.29, 0.717) is 46.8 Å². The van der Waals surface area contributed by atoms with E-state index in [-0.39, 0.29) is 11.7 Å². The number of hydrogen-bond donors (Lipinski definition) is 2. The van der Waals surface area contributed by atoms with Crippen LogP contribution in [0.15, 0.2) is 73.5 Å². The molecule has 3 aliphatic rings. The zero-order valence-electron chi connectivity index (χ0n) is 33.4. The Bertz CT molecular complexity index is 1730. The summed E-state index contributed by atoms with van der Waals surface area (Å²) < 4.78 is 15.0. The highest BCUT2D eigenvalue weighted by Crippen LogP contribution is 2.45. The van der Waals surface area contributed by atoms with Crippen molar-refractivity contribution in [2.45, 2.75) is 105 Å². The number of carbonyl (C=O) groups excluding carboxylic acids is 2. The van der Waals surface area contributed by atoms with Crippen LogP contribution in [-0.2, 0) is 11.2 Å². The lowest BCUT2D eigenvalue weighted by atomic mass is 9.87. The molecule has 3 N–H and O–H groups in total. The Kier molecular flexibility index (Phi) is 17.4. The number of anilines is 2. The standard InChI is InChI=1S/C32H31FN2O2.2C6H13N.C2H6/c1-7-25-22(6)30(33)16-28-21(5)29(32(37)34-8-2)17-35(31(25)28)24-14-13-19(3)27(15-24)20(4)26-12-10-9-11-23(26)18-36;1-7-5-3-2-4-6-7;7-6-4-2-1-3-5-6;1-2/h9-18H,4-5,7-8H2,1-3,6H3,(H,34,37);2-6H2,1H3;6H,1-5,7H2;1-2H3. The van der Waals surface area contributed by atoms with Crippen molar-refractivity contribution in [1.29, 1.82) is 0 Å². The van der Waals surface area contributed by atoms with Crippen molar-refractivity contribution in [2.75, 3.05) is 31.6 Å². The van der Waals surface area contributed by atoms with Gasteiger partial charge in [0.1, 0.15) is 5.82 Å². The van der Waals surface area contributed by atoms with E-state index in [0.717, 1.165) is 45.5 Å². The maximum atomic E-state index is 15.0. The third kappa shape index (κ3) is 11.1. The number of carbonyl (C=O) groups is 2. The van der Waals surface area contributed by atoms with Crippen LogP contribution in [0.4, 0.5) is 15.8 Å². The van der Waals surface area contributed by atoms with Crippen molar-refractivity contribution in [3.63, 3.8) is 0 Å². The van der Waals surface area contributed by atoms with Crippen molar-refractivity contribution in [1.82, 2.24) is 10.2 Å². The van der Waals surface area contributed by atoms with Crippen molar-refractivity contribution < 1.29 is 14.0 Å². The third-order valence-electron chi connectivity index (χ3n) is 10.2. The van der Waals surface area contributed by atoms with Crippen LogP contribution >= 0.6 is 0 Å². The Balaban J connectivity index is 0.000000388. The minimum atomic E-state index is -0.322. The van der Waals surface area contributed by atoms with E-state index in [4.69, 9.17) is 5.73 Å². The molecule has 53 heavy (non-hydrogen) atoms. The lowest BCUT2D eigenvalue weighted by Crippen LogP contribution is -2.29. The van der Waals surface area contributed by atoms with Gasteiger partial charge in [-0.05, 0) is 130 Å². The largest absolute Gasteiger partial charge is 0.352 e. The van der Waals surface area contributed by atoms with Crippen LogP contribution in [0.1, 0.15) is 123 Å². The monoisotopic (exact) mass is 722 g/mol. The minimum absolute atomic E-state index is 0.265. The van der Waals surface area contributed by atoms with E-state index in [2.05, 4.69) is 30.4 Å². The molecule has 0 atom stereocenters. The number of nitrogens with two attached hydrogens (primary N) is 1. The van der Waals surface area contributed by atoms with Crippen LogP contribution in [0.5, 0.6) is 0 Å². The summed E-state index contributed by atoms with van der Waals surface area (Å²) in [5.41, 5.74) is 14.1. The molecule has 1 amide bonds. The molecule has 2 heterocycles. The molecule has 2 fully saturated rings. The van der Waals surface area contributed by atoms with Crippen LogP contribution in [0, 0.1) is 19.7 Å². The highest BCUT2D eigenvalue weighted by molar-refractivity contribution is 6.12. The number of fused-ring (bicyclic) bond motifs is 1.